The number of hydrogen-bond acceptors (Lipinski definition) is 5. The van der Waals surface area contributed by atoms with Crippen LogP contribution in [0.25, 0.3) is 28.0 Å². The molecule has 2 aromatic carbocycles. The molecule has 176 valence electrons. The van der Waals surface area contributed by atoms with Crippen LogP contribution in [0.3, 0.4) is 0 Å². The Labute approximate surface area is 201 Å². The second-order valence-electron chi connectivity index (χ2n) is 9.18. The SMILES string of the molecule is Cc1nn2c(N3CCN(CCOC(C)C)CC3)cc(-c3ccccc3)nc2c1-c1ccccc1. The predicted molar refractivity (Wildman–Crippen MR) is 138 cm³/mol. The van der Waals surface area contributed by atoms with Crippen LogP contribution < -0.4 is 4.90 Å². The van der Waals surface area contributed by atoms with E-state index in [-0.39, 0.29) is 6.10 Å². The molecule has 1 aliphatic rings. The average Bonchev–Trinajstić information content (AvgIpc) is 3.20. The normalized spacial score (nSPS) is 14.9. The Morgan fingerprint density at radius 1 is 0.882 bits per heavy atom. The van der Waals surface area contributed by atoms with Gasteiger partial charge in [-0.2, -0.15) is 9.61 Å². The highest BCUT2D eigenvalue weighted by Gasteiger charge is 2.23. The van der Waals surface area contributed by atoms with E-state index in [1.807, 2.05) is 16.6 Å². The number of fused-ring (bicyclic) bond motifs is 1. The lowest BCUT2D eigenvalue weighted by atomic mass is 10.1. The zero-order valence-electron chi connectivity index (χ0n) is 20.3. The van der Waals surface area contributed by atoms with Crippen LogP contribution in [0.5, 0.6) is 0 Å². The number of benzene rings is 2. The van der Waals surface area contributed by atoms with E-state index in [0.29, 0.717) is 0 Å². The Bertz CT molecular complexity index is 1230. The topological polar surface area (TPSA) is 45.9 Å². The summed E-state index contributed by atoms with van der Waals surface area (Å²) < 4.78 is 7.80. The third-order valence-corrected chi connectivity index (χ3v) is 6.43. The molecule has 5 rings (SSSR count). The highest BCUT2D eigenvalue weighted by molar-refractivity contribution is 5.82. The van der Waals surface area contributed by atoms with Gasteiger partial charge in [0.05, 0.1) is 24.1 Å². The molecule has 3 heterocycles. The second kappa shape index (κ2) is 9.95. The van der Waals surface area contributed by atoms with Gasteiger partial charge in [0.15, 0.2) is 5.65 Å². The number of aryl methyl sites for hydroxylation is 1. The minimum absolute atomic E-state index is 0.282. The number of rotatable bonds is 7. The molecule has 0 N–H and O–H groups in total. The van der Waals surface area contributed by atoms with Crippen molar-refractivity contribution in [3.8, 4) is 22.4 Å². The van der Waals surface area contributed by atoms with Crippen molar-refractivity contribution in [3.63, 3.8) is 0 Å². The van der Waals surface area contributed by atoms with Crippen molar-refractivity contribution in [2.24, 2.45) is 0 Å². The Balaban J connectivity index is 1.51. The van der Waals surface area contributed by atoms with E-state index in [1.54, 1.807) is 0 Å². The van der Waals surface area contributed by atoms with Crippen LogP contribution in [0.1, 0.15) is 19.5 Å². The molecule has 0 radical (unpaired) electrons. The standard InChI is InChI=1S/C28H33N5O/c1-21(2)34-19-18-31-14-16-32(17-15-31)26-20-25(23-10-6-4-7-11-23)29-28-27(22(3)30-33(26)28)24-12-8-5-9-13-24/h4-13,20-21H,14-19H2,1-3H3. The maximum Gasteiger partial charge on any atom is 0.166 e. The Morgan fingerprint density at radius 2 is 1.53 bits per heavy atom. The van der Waals surface area contributed by atoms with Gasteiger partial charge in [-0.15, -0.1) is 0 Å². The summed E-state index contributed by atoms with van der Waals surface area (Å²) in [4.78, 5) is 10.0. The lowest BCUT2D eigenvalue weighted by molar-refractivity contribution is 0.0578. The van der Waals surface area contributed by atoms with Gasteiger partial charge >= 0.3 is 0 Å². The predicted octanol–water partition coefficient (Wildman–Crippen LogP) is 4.92. The molecule has 1 fully saturated rings. The van der Waals surface area contributed by atoms with Crippen molar-refractivity contribution in [1.29, 1.82) is 0 Å². The summed E-state index contributed by atoms with van der Waals surface area (Å²) in [6.07, 6.45) is 0.282. The van der Waals surface area contributed by atoms with Gasteiger partial charge in [0.25, 0.3) is 0 Å². The minimum Gasteiger partial charge on any atom is -0.377 e. The van der Waals surface area contributed by atoms with Crippen LogP contribution >= 0.6 is 0 Å². The van der Waals surface area contributed by atoms with E-state index in [4.69, 9.17) is 14.8 Å². The van der Waals surface area contributed by atoms with Crippen LogP contribution in [-0.4, -0.2) is 64.9 Å². The van der Waals surface area contributed by atoms with E-state index in [1.165, 1.54) is 0 Å². The molecule has 6 nitrogen and oxygen atoms in total. The van der Waals surface area contributed by atoms with Crippen molar-refractivity contribution < 1.29 is 4.74 Å². The van der Waals surface area contributed by atoms with E-state index < -0.39 is 0 Å². The highest BCUT2D eigenvalue weighted by Crippen LogP contribution is 2.32. The molecule has 0 amide bonds. The lowest BCUT2D eigenvalue weighted by Crippen LogP contribution is -2.48. The molecule has 34 heavy (non-hydrogen) atoms. The van der Waals surface area contributed by atoms with E-state index in [9.17, 15) is 0 Å². The summed E-state index contributed by atoms with van der Waals surface area (Å²) in [6.45, 7) is 12.0. The van der Waals surface area contributed by atoms with Gasteiger partial charge < -0.3 is 9.64 Å². The molecule has 0 atom stereocenters. The van der Waals surface area contributed by atoms with Crippen LogP contribution in [0.4, 0.5) is 5.82 Å². The van der Waals surface area contributed by atoms with Gasteiger partial charge in [0.1, 0.15) is 5.82 Å². The first kappa shape index (κ1) is 22.6. The van der Waals surface area contributed by atoms with Gasteiger partial charge in [-0.05, 0) is 26.3 Å². The first-order valence-electron chi connectivity index (χ1n) is 12.2. The van der Waals surface area contributed by atoms with Crippen LogP contribution in [0, 0.1) is 6.92 Å². The fraction of sp³-hybridized carbons (Fsp3) is 0.357. The number of nitrogens with zero attached hydrogens (tertiary/aromatic N) is 5. The molecule has 1 saturated heterocycles. The maximum atomic E-state index is 5.76. The Hall–Kier alpha value is -3.22. The highest BCUT2D eigenvalue weighted by atomic mass is 16.5. The van der Waals surface area contributed by atoms with Crippen LogP contribution in [-0.2, 0) is 4.74 Å². The summed E-state index contributed by atoms with van der Waals surface area (Å²) in [5, 5.41) is 4.97. The number of hydrogen-bond donors (Lipinski definition) is 0. The Kier molecular flexibility index (Phi) is 6.61. The summed E-state index contributed by atoms with van der Waals surface area (Å²) in [7, 11) is 0. The van der Waals surface area contributed by atoms with Crippen molar-refractivity contribution >= 4 is 11.5 Å². The fourth-order valence-electron chi connectivity index (χ4n) is 4.65. The largest absolute Gasteiger partial charge is 0.377 e. The molecule has 0 bridgehead atoms. The number of anilines is 1. The van der Waals surface area contributed by atoms with E-state index in [2.05, 4.69) is 85.2 Å². The fourth-order valence-corrected chi connectivity index (χ4v) is 4.65. The third-order valence-electron chi connectivity index (χ3n) is 6.43. The molecule has 0 spiro atoms. The zero-order chi connectivity index (χ0) is 23.5. The number of aromatic nitrogens is 3. The van der Waals surface area contributed by atoms with Crippen LogP contribution in [0.2, 0.25) is 0 Å². The molecule has 4 aromatic rings. The molecule has 6 heteroatoms. The molecule has 0 aliphatic carbocycles. The summed E-state index contributed by atoms with van der Waals surface area (Å²) in [5.74, 6) is 1.10. The minimum atomic E-state index is 0.282. The quantitative estimate of drug-likeness (QED) is 0.396. The molecule has 1 aliphatic heterocycles. The summed E-state index contributed by atoms with van der Waals surface area (Å²) >= 11 is 0. The van der Waals surface area contributed by atoms with Gasteiger partial charge in [-0.3, -0.25) is 4.90 Å². The molecule has 2 aromatic heterocycles. The van der Waals surface area contributed by atoms with E-state index >= 15 is 0 Å². The van der Waals surface area contributed by atoms with E-state index in [0.717, 1.165) is 78.9 Å². The van der Waals surface area contributed by atoms with Gasteiger partial charge in [-0.1, -0.05) is 60.7 Å². The molecule has 0 saturated carbocycles. The lowest BCUT2D eigenvalue weighted by Gasteiger charge is -2.36. The van der Waals surface area contributed by atoms with Gasteiger partial charge in [0.2, 0.25) is 0 Å². The van der Waals surface area contributed by atoms with Gasteiger partial charge in [0, 0.05) is 49.9 Å². The smallest absolute Gasteiger partial charge is 0.166 e. The number of piperazine rings is 1. The van der Waals surface area contributed by atoms with Crippen LogP contribution in [0.15, 0.2) is 66.7 Å². The monoisotopic (exact) mass is 455 g/mol. The van der Waals surface area contributed by atoms with Gasteiger partial charge in [-0.25, -0.2) is 4.98 Å². The molecule has 0 unspecified atom stereocenters. The maximum absolute atomic E-state index is 5.76. The average molecular weight is 456 g/mol. The molecular weight excluding hydrogens is 422 g/mol. The van der Waals surface area contributed by atoms with Crippen molar-refractivity contribution in [2.75, 3.05) is 44.2 Å². The van der Waals surface area contributed by atoms with Crippen molar-refractivity contribution in [3.05, 3.63) is 72.4 Å². The first-order valence-corrected chi connectivity index (χ1v) is 12.2. The zero-order valence-corrected chi connectivity index (χ0v) is 20.3. The second-order valence-corrected chi connectivity index (χ2v) is 9.18. The molecular formula is C28H33N5O. The van der Waals surface area contributed by atoms with Crippen molar-refractivity contribution in [1.82, 2.24) is 19.5 Å². The van der Waals surface area contributed by atoms with Crippen molar-refractivity contribution in [2.45, 2.75) is 26.9 Å². The third kappa shape index (κ3) is 4.69. The first-order chi connectivity index (χ1) is 16.6. The Morgan fingerprint density at radius 3 is 2.18 bits per heavy atom. The number of ether oxygens (including phenoxy) is 1. The summed E-state index contributed by atoms with van der Waals surface area (Å²) in [5.41, 5.74) is 6.25. The summed E-state index contributed by atoms with van der Waals surface area (Å²) in [6, 6.07) is 23.1.